The predicted octanol–water partition coefficient (Wildman–Crippen LogP) is 2.68. The van der Waals surface area contributed by atoms with Gasteiger partial charge < -0.3 is 10.5 Å². The molecule has 2 N–H and O–H groups in total. The predicted molar refractivity (Wildman–Crippen MR) is 83.3 cm³/mol. The summed E-state index contributed by atoms with van der Waals surface area (Å²) >= 11 is 3.51. The van der Waals surface area contributed by atoms with Crippen LogP contribution in [0.1, 0.15) is 0 Å². The maximum Gasteiger partial charge on any atom is 0.187 e. The van der Waals surface area contributed by atoms with Gasteiger partial charge in [0.25, 0.3) is 0 Å². The van der Waals surface area contributed by atoms with Crippen molar-refractivity contribution in [3.05, 3.63) is 46.9 Å². The first-order valence-electron chi connectivity index (χ1n) is 6.17. The quantitative estimate of drug-likeness (QED) is 0.738. The van der Waals surface area contributed by atoms with Crippen molar-refractivity contribution >= 4 is 21.6 Å². The maximum atomic E-state index is 5.71. The first kappa shape index (κ1) is 13.6. The van der Waals surface area contributed by atoms with Gasteiger partial charge in [-0.25, -0.2) is 0 Å². The molecule has 1 heterocycles. The lowest BCUT2D eigenvalue weighted by atomic mass is 10.2. The van der Waals surface area contributed by atoms with Gasteiger partial charge in [0, 0.05) is 21.8 Å². The minimum atomic E-state index is 0.629. The number of nitrogens with two attached hydrogens (primary N) is 1. The van der Waals surface area contributed by atoms with Crippen LogP contribution in [-0.4, -0.2) is 27.3 Å². The standard InChI is InChI=1S/C14H12BrN5O/c1-21-11-6-7-12(15)13(8-11)20-14(17-18-19-20)9-2-4-10(16)5-3-9/h2-8H,16H2,1H3. The molecule has 21 heavy (non-hydrogen) atoms. The van der Waals surface area contributed by atoms with Crippen molar-refractivity contribution in [2.45, 2.75) is 0 Å². The molecule has 0 saturated heterocycles. The molecule has 3 rings (SSSR count). The smallest absolute Gasteiger partial charge is 0.187 e. The van der Waals surface area contributed by atoms with Gasteiger partial charge in [-0.15, -0.1) is 5.10 Å². The van der Waals surface area contributed by atoms with Crippen LogP contribution in [0, 0.1) is 0 Å². The SMILES string of the molecule is COc1ccc(Br)c(-n2nnnc2-c2ccc(N)cc2)c1. The molecule has 0 bridgehead atoms. The lowest BCUT2D eigenvalue weighted by molar-refractivity contribution is 0.414. The van der Waals surface area contributed by atoms with Gasteiger partial charge in [0.1, 0.15) is 5.75 Å². The van der Waals surface area contributed by atoms with Crippen molar-refractivity contribution in [1.82, 2.24) is 20.2 Å². The van der Waals surface area contributed by atoms with Gasteiger partial charge in [0.2, 0.25) is 0 Å². The van der Waals surface area contributed by atoms with Crippen LogP contribution in [0.4, 0.5) is 5.69 Å². The molecule has 0 radical (unpaired) electrons. The number of hydrogen-bond donors (Lipinski definition) is 1. The van der Waals surface area contributed by atoms with E-state index in [-0.39, 0.29) is 0 Å². The second kappa shape index (κ2) is 5.53. The van der Waals surface area contributed by atoms with E-state index in [2.05, 4.69) is 31.5 Å². The molecule has 0 saturated carbocycles. The Morgan fingerprint density at radius 2 is 1.90 bits per heavy atom. The molecule has 106 valence electrons. The van der Waals surface area contributed by atoms with E-state index in [1.165, 1.54) is 0 Å². The molecule has 1 aromatic heterocycles. The Labute approximate surface area is 129 Å². The topological polar surface area (TPSA) is 78.8 Å². The highest BCUT2D eigenvalue weighted by atomic mass is 79.9. The Hall–Kier alpha value is -2.41. The second-order valence-corrected chi connectivity index (χ2v) is 5.21. The average Bonchev–Trinajstić information content (AvgIpc) is 2.98. The zero-order valence-corrected chi connectivity index (χ0v) is 12.8. The fourth-order valence-electron chi connectivity index (χ4n) is 1.94. The van der Waals surface area contributed by atoms with Crippen LogP contribution in [0.3, 0.4) is 0 Å². The summed E-state index contributed by atoms with van der Waals surface area (Å²) in [7, 11) is 1.62. The summed E-state index contributed by atoms with van der Waals surface area (Å²) in [5.74, 6) is 1.36. The molecule has 0 aliphatic heterocycles. The van der Waals surface area contributed by atoms with Crippen molar-refractivity contribution in [2.24, 2.45) is 0 Å². The summed E-state index contributed by atoms with van der Waals surface area (Å²) in [5, 5.41) is 11.9. The van der Waals surface area contributed by atoms with Crippen LogP contribution in [0.15, 0.2) is 46.9 Å². The number of halogens is 1. The summed E-state index contributed by atoms with van der Waals surface area (Å²) in [5.41, 5.74) is 8.08. The Morgan fingerprint density at radius 1 is 1.14 bits per heavy atom. The summed E-state index contributed by atoms with van der Waals surface area (Å²) in [4.78, 5) is 0. The molecule has 0 spiro atoms. The van der Waals surface area contributed by atoms with Crippen LogP contribution < -0.4 is 10.5 Å². The Balaban J connectivity index is 2.13. The summed E-state index contributed by atoms with van der Waals surface area (Å²) in [6.07, 6.45) is 0. The lowest BCUT2D eigenvalue weighted by Crippen LogP contribution is -2.01. The van der Waals surface area contributed by atoms with Crippen molar-refractivity contribution in [3.63, 3.8) is 0 Å². The maximum absolute atomic E-state index is 5.71. The molecular formula is C14H12BrN5O. The highest BCUT2D eigenvalue weighted by Crippen LogP contribution is 2.28. The molecule has 6 nitrogen and oxygen atoms in total. The zero-order valence-electron chi connectivity index (χ0n) is 11.2. The van der Waals surface area contributed by atoms with Crippen LogP contribution in [0.2, 0.25) is 0 Å². The van der Waals surface area contributed by atoms with E-state index < -0.39 is 0 Å². The monoisotopic (exact) mass is 345 g/mol. The number of hydrogen-bond acceptors (Lipinski definition) is 5. The third-order valence-electron chi connectivity index (χ3n) is 3.02. The van der Waals surface area contributed by atoms with Gasteiger partial charge in [-0.05, 0) is 62.8 Å². The van der Waals surface area contributed by atoms with Gasteiger partial charge in [0.15, 0.2) is 5.82 Å². The number of anilines is 1. The molecule has 0 aliphatic carbocycles. The third-order valence-corrected chi connectivity index (χ3v) is 3.69. The molecule has 0 atom stereocenters. The number of nitrogen functional groups attached to an aromatic ring is 1. The van der Waals surface area contributed by atoms with E-state index in [1.807, 2.05) is 42.5 Å². The first-order valence-corrected chi connectivity index (χ1v) is 6.96. The number of benzene rings is 2. The molecule has 0 aliphatic rings. The number of tetrazole rings is 1. The number of ether oxygens (including phenoxy) is 1. The Bertz CT molecular complexity index is 769. The van der Waals surface area contributed by atoms with Crippen molar-refractivity contribution in [3.8, 4) is 22.8 Å². The Kier molecular flexibility index (Phi) is 3.57. The van der Waals surface area contributed by atoms with E-state index in [0.29, 0.717) is 11.5 Å². The van der Waals surface area contributed by atoms with Crippen LogP contribution >= 0.6 is 15.9 Å². The molecule has 7 heteroatoms. The zero-order chi connectivity index (χ0) is 14.8. The minimum absolute atomic E-state index is 0.629. The summed E-state index contributed by atoms with van der Waals surface area (Å²) in [6.45, 7) is 0. The van der Waals surface area contributed by atoms with Gasteiger partial charge in [-0.3, -0.25) is 0 Å². The van der Waals surface area contributed by atoms with E-state index >= 15 is 0 Å². The lowest BCUT2D eigenvalue weighted by Gasteiger charge is -2.09. The van der Waals surface area contributed by atoms with Crippen molar-refractivity contribution in [2.75, 3.05) is 12.8 Å². The van der Waals surface area contributed by atoms with Crippen molar-refractivity contribution < 1.29 is 4.74 Å². The number of rotatable bonds is 3. The van der Waals surface area contributed by atoms with Crippen LogP contribution in [0.25, 0.3) is 17.1 Å². The number of nitrogens with zero attached hydrogens (tertiary/aromatic N) is 4. The Morgan fingerprint density at radius 3 is 2.62 bits per heavy atom. The highest BCUT2D eigenvalue weighted by Gasteiger charge is 2.14. The van der Waals surface area contributed by atoms with Crippen molar-refractivity contribution in [1.29, 1.82) is 0 Å². The summed E-state index contributed by atoms with van der Waals surface area (Å²) < 4.78 is 7.77. The van der Waals surface area contributed by atoms with Crippen LogP contribution in [-0.2, 0) is 0 Å². The molecule has 0 fully saturated rings. The summed E-state index contributed by atoms with van der Waals surface area (Å²) in [6, 6.07) is 13.0. The van der Waals surface area contributed by atoms with Gasteiger partial charge >= 0.3 is 0 Å². The van der Waals surface area contributed by atoms with Gasteiger partial charge in [0.05, 0.1) is 12.8 Å². The number of methoxy groups -OCH3 is 1. The van der Waals surface area contributed by atoms with Crippen LogP contribution in [0.5, 0.6) is 5.75 Å². The van der Waals surface area contributed by atoms with Gasteiger partial charge in [-0.2, -0.15) is 4.68 Å². The fourth-order valence-corrected chi connectivity index (χ4v) is 2.36. The van der Waals surface area contributed by atoms with E-state index in [4.69, 9.17) is 10.5 Å². The number of aromatic nitrogens is 4. The largest absolute Gasteiger partial charge is 0.497 e. The molecule has 2 aromatic carbocycles. The molecule has 3 aromatic rings. The molecular weight excluding hydrogens is 334 g/mol. The van der Waals surface area contributed by atoms with E-state index in [9.17, 15) is 0 Å². The first-order chi connectivity index (χ1) is 10.2. The minimum Gasteiger partial charge on any atom is -0.497 e. The fraction of sp³-hybridized carbons (Fsp3) is 0.0714. The third kappa shape index (κ3) is 2.59. The van der Waals surface area contributed by atoms with E-state index in [0.717, 1.165) is 21.5 Å². The highest BCUT2D eigenvalue weighted by molar-refractivity contribution is 9.10. The normalized spacial score (nSPS) is 10.6. The second-order valence-electron chi connectivity index (χ2n) is 4.35. The van der Waals surface area contributed by atoms with Gasteiger partial charge in [-0.1, -0.05) is 0 Å². The molecule has 0 unspecified atom stereocenters. The molecule has 0 amide bonds. The average molecular weight is 346 g/mol. The van der Waals surface area contributed by atoms with E-state index in [1.54, 1.807) is 11.8 Å².